The van der Waals surface area contributed by atoms with E-state index in [1.807, 2.05) is 5.38 Å². The molecule has 1 saturated heterocycles. The monoisotopic (exact) mass is 463 g/mol. The lowest BCUT2D eigenvalue weighted by Gasteiger charge is -2.24. The quantitative estimate of drug-likeness (QED) is 0.538. The lowest BCUT2D eigenvalue weighted by Crippen LogP contribution is -2.38. The summed E-state index contributed by atoms with van der Waals surface area (Å²) in [6.07, 6.45) is 12.0. The van der Waals surface area contributed by atoms with Crippen molar-refractivity contribution in [1.82, 2.24) is 25.1 Å². The SMILES string of the molecule is O=C(Cc1nccs1)C1CCCN1c1nc2c(c(Nc3cc(C4CCCC4)[nH]n3)n1)CCC2. The first-order valence-corrected chi connectivity index (χ1v) is 13.0. The van der Waals surface area contributed by atoms with Gasteiger partial charge in [-0.1, -0.05) is 12.8 Å². The molecule has 33 heavy (non-hydrogen) atoms. The van der Waals surface area contributed by atoms with Gasteiger partial charge in [0.05, 0.1) is 23.2 Å². The van der Waals surface area contributed by atoms with E-state index in [1.165, 1.54) is 48.3 Å². The molecule has 8 nitrogen and oxygen atoms in total. The summed E-state index contributed by atoms with van der Waals surface area (Å²) in [6, 6.07) is 1.95. The number of aromatic amines is 1. The van der Waals surface area contributed by atoms with Crippen LogP contribution in [-0.2, 0) is 24.1 Å². The Morgan fingerprint density at radius 2 is 2.06 bits per heavy atom. The van der Waals surface area contributed by atoms with Crippen LogP contribution in [-0.4, -0.2) is 43.5 Å². The van der Waals surface area contributed by atoms with Gasteiger partial charge in [-0.25, -0.2) is 9.97 Å². The van der Waals surface area contributed by atoms with Crippen molar-refractivity contribution >= 4 is 34.7 Å². The van der Waals surface area contributed by atoms with Crippen LogP contribution in [0.2, 0.25) is 0 Å². The van der Waals surface area contributed by atoms with Gasteiger partial charge in [0.1, 0.15) is 5.82 Å². The fourth-order valence-corrected chi connectivity index (χ4v) is 6.19. The van der Waals surface area contributed by atoms with Crippen molar-refractivity contribution in [3.63, 3.8) is 0 Å². The summed E-state index contributed by atoms with van der Waals surface area (Å²) in [4.78, 5) is 29.3. The van der Waals surface area contributed by atoms with Gasteiger partial charge >= 0.3 is 0 Å². The Morgan fingerprint density at radius 3 is 2.91 bits per heavy atom. The molecule has 1 atom stereocenters. The number of thiazole rings is 1. The number of carbonyl (C=O) groups excluding carboxylic acids is 1. The topological polar surface area (TPSA) is 99.7 Å². The van der Waals surface area contributed by atoms with Crippen LogP contribution >= 0.6 is 11.3 Å². The van der Waals surface area contributed by atoms with Gasteiger partial charge in [0.2, 0.25) is 5.95 Å². The highest BCUT2D eigenvalue weighted by molar-refractivity contribution is 7.09. The van der Waals surface area contributed by atoms with Crippen molar-refractivity contribution in [2.45, 2.75) is 76.2 Å². The molecule has 1 aliphatic heterocycles. The summed E-state index contributed by atoms with van der Waals surface area (Å²) in [5.74, 6) is 3.12. The summed E-state index contributed by atoms with van der Waals surface area (Å²) in [5, 5.41) is 14.0. The minimum Gasteiger partial charge on any atom is -0.331 e. The highest BCUT2D eigenvalue weighted by Crippen LogP contribution is 2.36. The van der Waals surface area contributed by atoms with Crippen LogP contribution in [0.1, 0.15) is 72.8 Å². The van der Waals surface area contributed by atoms with Gasteiger partial charge in [-0.15, -0.1) is 11.3 Å². The molecule has 3 aromatic heterocycles. The van der Waals surface area contributed by atoms with Crippen LogP contribution in [0.3, 0.4) is 0 Å². The zero-order valence-corrected chi connectivity index (χ0v) is 19.5. The summed E-state index contributed by atoms with van der Waals surface area (Å²) in [6.45, 7) is 0.806. The van der Waals surface area contributed by atoms with Crippen molar-refractivity contribution in [2.75, 3.05) is 16.8 Å². The van der Waals surface area contributed by atoms with Gasteiger partial charge in [-0.2, -0.15) is 10.1 Å². The van der Waals surface area contributed by atoms with E-state index in [0.29, 0.717) is 18.3 Å². The van der Waals surface area contributed by atoms with Crippen LogP contribution in [0.15, 0.2) is 17.6 Å². The van der Waals surface area contributed by atoms with Gasteiger partial charge in [0.25, 0.3) is 0 Å². The van der Waals surface area contributed by atoms with E-state index < -0.39 is 0 Å². The molecule has 6 rings (SSSR count). The van der Waals surface area contributed by atoms with E-state index in [4.69, 9.17) is 9.97 Å². The summed E-state index contributed by atoms with van der Waals surface area (Å²) in [7, 11) is 0. The molecule has 2 N–H and O–H groups in total. The molecule has 0 radical (unpaired) electrons. The molecule has 2 aliphatic carbocycles. The third-order valence-electron chi connectivity index (χ3n) is 7.25. The third-order valence-corrected chi connectivity index (χ3v) is 8.03. The number of hydrogen-bond donors (Lipinski definition) is 2. The standard InChI is InChI=1S/C24H29N7OS/c32-20(14-22-25-10-12-33-22)19-9-4-11-31(19)24-26-17-8-3-7-16(17)23(28-24)27-21-13-18(29-30-21)15-5-1-2-6-15/h10,12-13,15,19H,1-9,11,14H2,(H2,26,27,28,29,30). The number of ketones is 1. The second kappa shape index (κ2) is 8.85. The highest BCUT2D eigenvalue weighted by Gasteiger charge is 2.34. The van der Waals surface area contributed by atoms with E-state index in [9.17, 15) is 4.79 Å². The van der Waals surface area contributed by atoms with E-state index in [2.05, 4.69) is 31.5 Å². The minimum absolute atomic E-state index is 0.180. The number of fused-ring (bicyclic) bond motifs is 1. The van der Waals surface area contributed by atoms with Crippen molar-refractivity contribution in [3.8, 4) is 0 Å². The van der Waals surface area contributed by atoms with Gasteiger partial charge in [0.15, 0.2) is 11.6 Å². The average molecular weight is 464 g/mol. The first kappa shape index (κ1) is 20.8. The predicted molar refractivity (Wildman–Crippen MR) is 128 cm³/mol. The second-order valence-corrected chi connectivity index (χ2v) is 10.4. The molecule has 4 heterocycles. The number of carbonyl (C=O) groups is 1. The van der Waals surface area contributed by atoms with Crippen molar-refractivity contribution < 1.29 is 4.79 Å². The van der Waals surface area contributed by atoms with Crippen LogP contribution in [0, 0.1) is 0 Å². The number of aryl methyl sites for hydroxylation is 1. The molecule has 172 valence electrons. The largest absolute Gasteiger partial charge is 0.331 e. The Bertz CT molecular complexity index is 1140. The Hall–Kier alpha value is -2.81. The maximum absolute atomic E-state index is 13.1. The van der Waals surface area contributed by atoms with Crippen molar-refractivity contribution in [3.05, 3.63) is 39.6 Å². The second-order valence-electron chi connectivity index (χ2n) is 9.39. The number of H-pyrrole nitrogens is 1. The first-order valence-electron chi connectivity index (χ1n) is 12.1. The molecule has 0 aromatic carbocycles. The minimum atomic E-state index is -0.180. The first-order chi connectivity index (χ1) is 16.2. The molecular formula is C24H29N7OS. The normalized spacial score (nSPS) is 20.5. The fourth-order valence-electron chi connectivity index (χ4n) is 5.57. The van der Waals surface area contributed by atoms with E-state index in [0.717, 1.165) is 61.0 Å². The van der Waals surface area contributed by atoms with Crippen molar-refractivity contribution in [1.29, 1.82) is 0 Å². The number of Topliss-reactive ketones (excluding diaryl/α,β-unsaturated/α-hetero) is 1. The Morgan fingerprint density at radius 1 is 1.15 bits per heavy atom. The Balaban J connectivity index is 1.25. The number of aromatic nitrogens is 5. The van der Waals surface area contributed by atoms with Crippen LogP contribution in [0.25, 0.3) is 0 Å². The van der Waals surface area contributed by atoms with Crippen LogP contribution < -0.4 is 10.2 Å². The smallest absolute Gasteiger partial charge is 0.228 e. The van der Waals surface area contributed by atoms with Crippen LogP contribution in [0.5, 0.6) is 0 Å². The maximum atomic E-state index is 13.1. The zero-order chi connectivity index (χ0) is 22.2. The van der Waals surface area contributed by atoms with Gasteiger partial charge < -0.3 is 10.2 Å². The molecule has 1 saturated carbocycles. The third kappa shape index (κ3) is 4.14. The van der Waals surface area contributed by atoms with Crippen LogP contribution in [0.4, 0.5) is 17.6 Å². The Labute approximate surface area is 197 Å². The number of hydrogen-bond acceptors (Lipinski definition) is 8. The average Bonchev–Trinajstić information content (AvgIpc) is 3.64. The fraction of sp³-hybridized carbons (Fsp3) is 0.542. The summed E-state index contributed by atoms with van der Waals surface area (Å²) >= 11 is 1.54. The number of nitrogens with one attached hydrogen (secondary N) is 2. The van der Waals surface area contributed by atoms with Gasteiger partial charge in [0, 0.05) is 41.4 Å². The van der Waals surface area contributed by atoms with Gasteiger partial charge in [-0.3, -0.25) is 9.89 Å². The van der Waals surface area contributed by atoms with Gasteiger partial charge in [-0.05, 0) is 44.9 Å². The molecule has 3 aromatic rings. The molecule has 9 heteroatoms. The van der Waals surface area contributed by atoms with E-state index in [-0.39, 0.29) is 11.8 Å². The highest BCUT2D eigenvalue weighted by atomic mass is 32.1. The maximum Gasteiger partial charge on any atom is 0.228 e. The summed E-state index contributed by atoms with van der Waals surface area (Å²) < 4.78 is 0. The lowest BCUT2D eigenvalue weighted by molar-refractivity contribution is -0.119. The van der Waals surface area contributed by atoms with E-state index >= 15 is 0 Å². The Kier molecular flexibility index (Phi) is 5.57. The number of anilines is 3. The number of nitrogens with zero attached hydrogens (tertiary/aromatic N) is 5. The molecule has 0 amide bonds. The molecule has 2 fully saturated rings. The van der Waals surface area contributed by atoms with Crippen molar-refractivity contribution in [2.24, 2.45) is 0 Å². The molecule has 0 bridgehead atoms. The molecule has 1 unspecified atom stereocenters. The molecular weight excluding hydrogens is 434 g/mol. The van der Waals surface area contributed by atoms with E-state index in [1.54, 1.807) is 6.20 Å². The lowest BCUT2D eigenvalue weighted by atomic mass is 10.0. The number of rotatable bonds is 7. The molecule has 0 spiro atoms. The molecule has 3 aliphatic rings. The summed E-state index contributed by atoms with van der Waals surface area (Å²) in [5.41, 5.74) is 3.51. The predicted octanol–water partition coefficient (Wildman–Crippen LogP) is 4.33. The zero-order valence-electron chi connectivity index (χ0n) is 18.7.